The van der Waals surface area contributed by atoms with Crippen LogP contribution in [0.5, 0.6) is 0 Å². The monoisotopic (exact) mass is 353 g/mol. The average Bonchev–Trinajstić information content (AvgIpc) is 3.25. The average molecular weight is 353 g/mol. The molecule has 0 fully saturated rings. The van der Waals surface area contributed by atoms with Crippen molar-refractivity contribution >= 4 is 17.6 Å². The highest BCUT2D eigenvalue weighted by atomic mass is 16.4. The fraction of sp³-hybridized carbons (Fsp3) is 0.222. The summed E-state index contributed by atoms with van der Waals surface area (Å²) >= 11 is 0. The number of carboxylic acid groups (broad SMARTS) is 1. The number of rotatable bonds is 6. The number of carbonyl (C=O) groups excluding carboxylic acids is 1. The van der Waals surface area contributed by atoms with Gasteiger partial charge in [-0.1, -0.05) is 29.8 Å². The number of anilines is 1. The van der Waals surface area contributed by atoms with Crippen molar-refractivity contribution in [3.8, 4) is 0 Å². The van der Waals surface area contributed by atoms with Crippen LogP contribution in [-0.2, 0) is 11.3 Å². The maximum atomic E-state index is 12.4. The van der Waals surface area contributed by atoms with E-state index in [0.717, 1.165) is 5.56 Å². The second-order valence-corrected chi connectivity index (χ2v) is 6.04. The minimum atomic E-state index is -1.06. The molecule has 0 saturated heterocycles. The van der Waals surface area contributed by atoms with Gasteiger partial charge in [0.1, 0.15) is 11.7 Å². The van der Waals surface area contributed by atoms with Gasteiger partial charge in [-0.3, -0.25) is 9.48 Å². The smallest absolute Gasteiger partial charge is 0.328 e. The van der Waals surface area contributed by atoms with Gasteiger partial charge in [0.25, 0.3) is 5.91 Å². The SMILES string of the molecule is Cc1ccc(Cn2cc(NC(=O)c3ccnn3C(C)C(=O)O)cn2)cc1. The molecule has 3 rings (SSSR count). The molecule has 3 aromatic rings. The fourth-order valence-electron chi connectivity index (χ4n) is 2.50. The molecule has 0 saturated carbocycles. The molecule has 2 heterocycles. The van der Waals surface area contributed by atoms with E-state index in [-0.39, 0.29) is 5.69 Å². The van der Waals surface area contributed by atoms with Gasteiger partial charge in [-0.05, 0) is 25.5 Å². The third-order valence-corrected chi connectivity index (χ3v) is 3.98. The second-order valence-electron chi connectivity index (χ2n) is 6.04. The van der Waals surface area contributed by atoms with Crippen LogP contribution in [0.1, 0.15) is 34.6 Å². The summed E-state index contributed by atoms with van der Waals surface area (Å²) in [6.45, 7) is 4.08. The van der Waals surface area contributed by atoms with Crippen LogP contribution < -0.4 is 5.32 Å². The molecule has 0 bridgehead atoms. The Morgan fingerprint density at radius 2 is 1.92 bits per heavy atom. The Bertz CT molecular complexity index is 926. The minimum Gasteiger partial charge on any atom is -0.480 e. The number of carbonyl (C=O) groups is 2. The maximum absolute atomic E-state index is 12.4. The van der Waals surface area contributed by atoms with E-state index in [9.17, 15) is 9.59 Å². The fourth-order valence-corrected chi connectivity index (χ4v) is 2.50. The van der Waals surface area contributed by atoms with E-state index in [1.54, 1.807) is 17.1 Å². The van der Waals surface area contributed by atoms with E-state index in [4.69, 9.17) is 5.11 Å². The summed E-state index contributed by atoms with van der Waals surface area (Å²) in [5.74, 6) is -1.50. The van der Waals surface area contributed by atoms with Crippen molar-refractivity contribution < 1.29 is 14.7 Å². The van der Waals surface area contributed by atoms with Gasteiger partial charge in [0.2, 0.25) is 0 Å². The lowest BCUT2D eigenvalue weighted by molar-refractivity contribution is -0.140. The summed E-state index contributed by atoms with van der Waals surface area (Å²) in [4.78, 5) is 23.5. The quantitative estimate of drug-likeness (QED) is 0.708. The highest BCUT2D eigenvalue weighted by molar-refractivity contribution is 6.03. The van der Waals surface area contributed by atoms with Crippen molar-refractivity contribution in [1.29, 1.82) is 0 Å². The van der Waals surface area contributed by atoms with Crippen LogP contribution in [-0.4, -0.2) is 36.5 Å². The zero-order valence-electron chi connectivity index (χ0n) is 14.5. The van der Waals surface area contributed by atoms with E-state index in [2.05, 4.69) is 15.5 Å². The molecule has 0 spiro atoms. The van der Waals surface area contributed by atoms with Crippen molar-refractivity contribution in [3.63, 3.8) is 0 Å². The maximum Gasteiger partial charge on any atom is 0.328 e. The van der Waals surface area contributed by atoms with Gasteiger partial charge in [-0.25, -0.2) is 9.48 Å². The molecule has 8 nitrogen and oxygen atoms in total. The number of amides is 1. The van der Waals surface area contributed by atoms with E-state index < -0.39 is 17.9 Å². The Kier molecular flexibility index (Phi) is 4.83. The molecule has 2 N–H and O–H groups in total. The first-order chi connectivity index (χ1) is 12.4. The molecule has 1 amide bonds. The first-order valence-corrected chi connectivity index (χ1v) is 8.09. The molecule has 134 valence electrons. The Labute approximate surface area is 150 Å². The zero-order chi connectivity index (χ0) is 18.7. The van der Waals surface area contributed by atoms with E-state index in [1.165, 1.54) is 29.4 Å². The van der Waals surface area contributed by atoms with Crippen LogP contribution >= 0.6 is 0 Å². The Morgan fingerprint density at radius 3 is 2.62 bits per heavy atom. The number of carboxylic acids is 1. The molecule has 2 aromatic heterocycles. The molecule has 0 aliphatic carbocycles. The largest absolute Gasteiger partial charge is 0.480 e. The van der Waals surface area contributed by atoms with Crippen molar-refractivity contribution in [2.75, 3.05) is 5.32 Å². The molecule has 0 aliphatic rings. The summed E-state index contributed by atoms with van der Waals surface area (Å²) in [5.41, 5.74) is 2.99. The van der Waals surface area contributed by atoms with Crippen molar-refractivity contribution in [3.05, 3.63) is 65.7 Å². The number of nitrogens with one attached hydrogen (secondary N) is 1. The molecule has 26 heavy (non-hydrogen) atoms. The highest BCUT2D eigenvalue weighted by Crippen LogP contribution is 2.13. The van der Waals surface area contributed by atoms with Crippen LogP contribution in [0.2, 0.25) is 0 Å². The summed E-state index contributed by atoms with van der Waals surface area (Å²) in [6.07, 6.45) is 4.67. The summed E-state index contributed by atoms with van der Waals surface area (Å²) in [7, 11) is 0. The summed E-state index contributed by atoms with van der Waals surface area (Å²) in [6, 6.07) is 8.67. The number of hydrogen-bond acceptors (Lipinski definition) is 4. The topological polar surface area (TPSA) is 102 Å². The highest BCUT2D eigenvalue weighted by Gasteiger charge is 2.21. The molecule has 1 aromatic carbocycles. The molecule has 0 aliphatic heterocycles. The molecule has 8 heteroatoms. The van der Waals surface area contributed by atoms with Crippen molar-refractivity contribution in [2.24, 2.45) is 0 Å². The first kappa shape index (κ1) is 17.4. The number of benzene rings is 1. The van der Waals surface area contributed by atoms with Gasteiger partial charge in [0.05, 0.1) is 18.4 Å². The van der Waals surface area contributed by atoms with Crippen LogP contribution in [0.25, 0.3) is 0 Å². The van der Waals surface area contributed by atoms with Gasteiger partial charge in [0.15, 0.2) is 0 Å². The number of aliphatic carboxylic acids is 1. The van der Waals surface area contributed by atoms with Crippen LogP contribution in [0.15, 0.2) is 48.9 Å². The van der Waals surface area contributed by atoms with Crippen LogP contribution in [0.4, 0.5) is 5.69 Å². The van der Waals surface area contributed by atoms with Gasteiger partial charge < -0.3 is 10.4 Å². The van der Waals surface area contributed by atoms with Crippen molar-refractivity contribution in [2.45, 2.75) is 26.4 Å². The molecular formula is C18H19N5O3. The third kappa shape index (κ3) is 3.80. The van der Waals surface area contributed by atoms with E-state index >= 15 is 0 Å². The number of aromatic nitrogens is 4. The standard InChI is InChI=1S/C18H19N5O3/c1-12-3-5-14(6-4-12)10-22-11-15(9-20-22)21-17(24)16-7-8-19-23(16)13(2)18(25)26/h3-9,11,13H,10H2,1-2H3,(H,21,24)(H,25,26). The van der Waals surface area contributed by atoms with Gasteiger partial charge in [-0.2, -0.15) is 10.2 Å². The Balaban J connectivity index is 1.69. The summed E-state index contributed by atoms with van der Waals surface area (Å²) < 4.78 is 2.89. The predicted molar refractivity (Wildman–Crippen MR) is 95.0 cm³/mol. The normalized spacial score (nSPS) is 11.9. The van der Waals surface area contributed by atoms with Gasteiger partial charge in [-0.15, -0.1) is 0 Å². The number of nitrogens with zero attached hydrogens (tertiary/aromatic N) is 4. The molecule has 1 atom stereocenters. The van der Waals surface area contributed by atoms with E-state index in [0.29, 0.717) is 12.2 Å². The second kappa shape index (κ2) is 7.22. The zero-order valence-corrected chi connectivity index (χ0v) is 14.5. The Hall–Kier alpha value is -3.42. The first-order valence-electron chi connectivity index (χ1n) is 8.09. The van der Waals surface area contributed by atoms with E-state index in [1.807, 2.05) is 31.2 Å². The molecule has 1 unspecified atom stereocenters. The van der Waals surface area contributed by atoms with Gasteiger partial charge in [0, 0.05) is 12.4 Å². The van der Waals surface area contributed by atoms with Crippen LogP contribution in [0.3, 0.4) is 0 Å². The van der Waals surface area contributed by atoms with Crippen molar-refractivity contribution in [1.82, 2.24) is 19.6 Å². The summed E-state index contributed by atoms with van der Waals surface area (Å²) in [5, 5.41) is 20.0. The number of aryl methyl sites for hydroxylation is 1. The van der Waals surface area contributed by atoms with Gasteiger partial charge >= 0.3 is 5.97 Å². The third-order valence-electron chi connectivity index (χ3n) is 3.98. The lowest BCUT2D eigenvalue weighted by Crippen LogP contribution is -2.24. The number of hydrogen-bond donors (Lipinski definition) is 2. The molecule has 0 radical (unpaired) electrons. The Morgan fingerprint density at radius 1 is 1.19 bits per heavy atom. The van der Waals surface area contributed by atoms with Crippen LogP contribution in [0, 0.1) is 6.92 Å². The lowest BCUT2D eigenvalue weighted by Gasteiger charge is -2.10. The lowest BCUT2D eigenvalue weighted by atomic mass is 10.1. The predicted octanol–water partition coefficient (Wildman–Crippen LogP) is 2.33. The minimum absolute atomic E-state index is 0.172. The molecular weight excluding hydrogens is 334 g/mol.